The number of rotatable bonds is 5. The molecule has 9 heteroatoms. The number of carbonyl (C=O) groups excluding carboxylic acids is 1. The Morgan fingerprint density at radius 2 is 1.96 bits per heavy atom. The highest BCUT2D eigenvalue weighted by molar-refractivity contribution is 7.89. The smallest absolute Gasteiger partial charge is 0.317 e. The summed E-state index contributed by atoms with van der Waals surface area (Å²) in [6.45, 7) is 6.32. The van der Waals surface area contributed by atoms with Crippen molar-refractivity contribution < 1.29 is 22.7 Å². The van der Waals surface area contributed by atoms with Crippen LogP contribution in [-0.4, -0.2) is 58.8 Å². The van der Waals surface area contributed by atoms with Gasteiger partial charge >= 0.3 is 6.03 Å². The lowest BCUT2D eigenvalue weighted by atomic mass is 10.1. The third-order valence-corrected chi connectivity index (χ3v) is 4.77. The van der Waals surface area contributed by atoms with E-state index in [0.717, 1.165) is 0 Å². The second-order valence-corrected chi connectivity index (χ2v) is 7.14. The van der Waals surface area contributed by atoms with Crippen LogP contribution < -0.4 is 15.2 Å². The van der Waals surface area contributed by atoms with Crippen LogP contribution in [0.3, 0.4) is 0 Å². The number of hydrogen-bond donors (Lipinski definition) is 2. The van der Waals surface area contributed by atoms with Gasteiger partial charge in [0.15, 0.2) is 0 Å². The number of benzene rings is 1. The summed E-state index contributed by atoms with van der Waals surface area (Å²) in [7, 11) is -3.75. The van der Waals surface area contributed by atoms with Crippen molar-refractivity contribution >= 4 is 16.1 Å². The minimum absolute atomic E-state index is 0.0907. The first-order valence-electron chi connectivity index (χ1n) is 7.66. The summed E-state index contributed by atoms with van der Waals surface area (Å²) < 4.78 is 33.8. The lowest BCUT2D eigenvalue weighted by Gasteiger charge is -2.26. The number of aryl methyl sites for hydroxylation is 2. The molecule has 0 spiro atoms. The van der Waals surface area contributed by atoms with Gasteiger partial charge in [-0.25, -0.2) is 18.4 Å². The molecule has 24 heavy (non-hydrogen) atoms. The van der Waals surface area contributed by atoms with Gasteiger partial charge in [-0.2, -0.15) is 0 Å². The van der Waals surface area contributed by atoms with Gasteiger partial charge in [0.2, 0.25) is 10.0 Å². The van der Waals surface area contributed by atoms with Crippen molar-refractivity contribution in [3.8, 4) is 5.75 Å². The highest BCUT2D eigenvalue weighted by Gasteiger charge is 2.17. The fourth-order valence-corrected chi connectivity index (χ4v) is 3.27. The number of carbonyl (C=O) groups is 1. The van der Waals surface area contributed by atoms with E-state index in [0.29, 0.717) is 49.7 Å². The lowest BCUT2D eigenvalue weighted by Crippen LogP contribution is -2.47. The van der Waals surface area contributed by atoms with E-state index in [9.17, 15) is 13.2 Å². The van der Waals surface area contributed by atoms with Crippen LogP contribution in [0, 0.1) is 13.8 Å². The minimum Gasteiger partial charge on any atom is -0.491 e. The molecule has 0 bridgehead atoms. The van der Waals surface area contributed by atoms with E-state index in [-0.39, 0.29) is 17.5 Å². The second kappa shape index (κ2) is 7.82. The number of urea groups is 1. The average Bonchev–Trinajstić information content (AvgIpc) is 2.53. The molecule has 1 fully saturated rings. The predicted octanol–water partition coefficient (Wildman–Crippen LogP) is 0.371. The first-order chi connectivity index (χ1) is 11.3. The van der Waals surface area contributed by atoms with Crippen LogP contribution in [0.4, 0.5) is 4.79 Å². The van der Waals surface area contributed by atoms with Gasteiger partial charge in [0, 0.05) is 13.1 Å². The maximum Gasteiger partial charge on any atom is 0.317 e. The number of amides is 2. The Labute approximate surface area is 142 Å². The summed E-state index contributed by atoms with van der Waals surface area (Å²) in [5.41, 5.74) is 1.19. The van der Waals surface area contributed by atoms with Crippen molar-refractivity contribution in [1.29, 1.82) is 0 Å². The van der Waals surface area contributed by atoms with Gasteiger partial charge in [-0.05, 0) is 37.1 Å². The van der Waals surface area contributed by atoms with Crippen LogP contribution in [0.15, 0.2) is 17.0 Å². The maximum absolute atomic E-state index is 11.9. The molecule has 3 N–H and O–H groups in total. The summed E-state index contributed by atoms with van der Waals surface area (Å²) in [5.74, 6) is 0.570. The molecule has 2 amide bonds. The number of nitrogens with one attached hydrogen (secondary N) is 1. The Morgan fingerprint density at radius 1 is 1.29 bits per heavy atom. The molecule has 0 radical (unpaired) electrons. The molecule has 8 nitrogen and oxygen atoms in total. The highest BCUT2D eigenvalue weighted by Crippen LogP contribution is 2.25. The van der Waals surface area contributed by atoms with Crippen LogP contribution in [0.1, 0.15) is 11.1 Å². The van der Waals surface area contributed by atoms with E-state index in [1.54, 1.807) is 24.8 Å². The Hall–Kier alpha value is -1.84. The topological polar surface area (TPSA) is 111 Å². The van der Waals surface area contributed by atoms with Crippen molar-refractivity contribution in [2.45, 2.75) is 18.7 Å². The zero-order valence-electron chi connectivity index (χ0n) is 13.9. The molecule has 0 aromatic heterocycles. The van der Waals surface area contributed by atoms with Gasteiger partial charge in [0.1, 0.15) is 12.4 Å². The molecule has 0 unspecified atom stereocenters. The van der Waals surface area contributed by atoms with Crippen LogP contribution in [0.2, 0.25) is 0 Å². The van der Waals surface area contributed by atoms with E-state index >= 15 is 0 Å². The van der Waals surface area contributed by atoms with Crippen LogP contribution >= 0.6 is 0 Å². The lowest BCUT2D eigenvalue weighted by molar-refractivity contribution is 0.0530. The van der Waals surface area contributed by atoms with Crippen molar-refractivity contribution in [2.24, 2.45) is 5.14 Å². The summed E-state index contributed by atoms with van der Waals surface area (Å²) in [6, 6.07) is 2.99. The molecule has 1 saturated heterocycles. The van der Waals surface area contributed by atoms with Crippen molar-refractivity contribution in [2.75, 3.05) is 39.5 Å². The zero-order chi connectivity index (χ0) is 17.7. The summed E-state index contributed by atoms with van der Waals surface area (Å²) >= 11 is 0. The van der Waals surface area contributed by atoms with Gasteiger partial charge < -0.3 is 19.7 Å². The highest BCUT2D eigenvalue weighted by atomic mass is 32.2. The molecule has 0 atom stereocenters. The van der Waals surface area contributed by atoms with E-state index in [2.05, 4.69) is 5.32 Å². The molecule has 1 aromatic rings. The van der Waals surface area contributed by atoms with Gasteiger partial charge in [0.05, 0.1) is 24.7 Å². The molecular weight excluding hydrogens is 334 g/mol. The first kappa shape index (κ1) is 18.5. The van der Waals surface area contributed by atoms with Crippen LogP contribution in [0.5, 0.6) is 5.75 Å². The van der Waals surface area contributed by atoms with E-state index in [1.807, 2.05) is 0 Å². The second-order valence-electron chi connectivity index (χ2n) is 5.61. The van der Waals surface area contributed by atoms with Gasteiger partial charge in [-0.3, -0.25) is 0 Å². The van der Waals surface area contributed by atoms with Crippen molar-refractivity contribution in [3.63, 3.8) is 0 Å². The molecular formula is C15H23N3O5S. The summed E-state index contributed by atoms with van der Waals surface area (Å²) in [4.78, 5) is 13.7. The Bertz CT molecular complexity index is 699. The number of primary sulfonamides is 1. The summed E-state index contributed by atoms with van der Waals surface area (Å²) in [5, 5.41) is 7.96. The summed E-state index contributed by atoms with van der Waals surface area (Å²) in [6.07, 6.45) is 0. The normalized spacial score (nSPS) is 15.2. The Kier molecular flexibility index (Phi) is 6.03. The van der Waals surface area contributed by atoms with E-state index in [1.165, 1.54) is 6.07 Å². The van der Waals surface area contributed by atoms with Crippen LogP contribution in [0.25, 0.3) is 0 Å². The minimum atomic E-state index is -3.75. The molecule has 1 heterocycles. The molecule has 1 aliphatic heterocycles. The molecule has 134 valence electrons. The molecule has 0 saturated carbocycles. The number of morpholine rings is 1. The average molecular weight is 357 g/mol. The van der Waals surface area contributed by atoms with Gasteiger partial charge in [0.25, 0.3) is 0 Å². The predicted molar refractivity (Wildman–Crippen MR) is 88.6 cm³/mol. The SMILES string of the molecule is Cc1cc(S(N)(=O)=O)c(C)cc1OCCNC(=O)N1CCOCC1. The number of sulfonamides is 1. The Morgan fingerprint density at radius 3 is 2.58 bits per heavy atom. The van der Waals surface area contributed by atoms with Crippen molar-refractivity contribution in [3.05, 3.63) is 23.3 Å². The standard InChI is InChI=1S/C15H23N3O5S/c1-11-10-14(24(16,20)21)12(2)9-13(11)23-6-3-17-15(19)18-4-7-22-8-5-18/h9-10H,3-8H2,1-2H3,(H,17,19)(H2,16,20,21). The third-order valence-electron chi connectivity index (χ3n) is 3.71. The van der Waals surface area contributed by atoms with Crippen molar-refractivity contribution in [1.82, 2.24) is 10.2 Å². The maximum atomic E-state index is 11.9. The molecule has 1 aromatic carbocycles. The van der Waals surface area contributed by atoms with Gasteiger partial charge in [-0.1, -0.05) is 0 Å². The molecule has 1 aliphatic rings. The number of ether oxygens (including phenoxy) is 2. The van der Waals surface area contributed by atoms with Gasteiger partial charge in [-0.15, -0.1) is 0 Å². The van der Waals surface area contributed by atoms with Crippen LogP contribution in [-0.2, 0) is 14.8 Å². The van der Waals surface area contributed by atoms with E-state index < -0.39 is 10.0 Å². The zero-order valence-corrected chi connectivity index (χ0v) is 14.7. The first-order valence-corrected chi connectivity index (χ1v) is 9.21. The molecule has 2 rings (SSSR count). The number of nitrogens with zero attached hydrogens (tertiary/aromatic N) is 1. The number of hydrogen-bond acceptors (Lipinski definition) is 5. The quantitative estimate of drug-likeness (QED) is 0.740. The number of nitrogens with two attached hydrogens (primary N) is 1. The fourth-order valence-electron chi connectivity index (χ4n) is 2.42. The monoisotopic (exact) mass is 357 g/mol. The Balaban J connectivity index is 1.86. The fraction of sp³-hybridized carbons (Fsp3) is 0.533. The molecule has 0 aliphatic carbocycles. The third kappa shape index (κ3) is 4.83. The van der Waals surface area contributed by atoms with E-state index in [4.69, 9.17) is 14.6 Å². The largest absolute Gasteiger partial charge is 0.491 e.